The van der Waals surface area contributed by atoms with Gasteiger partial charge in [0, 0.05) is 0 Å². The van der Waals surface area contributed by atoms with Gasteiger partial charge in [0.25, 0.3) is 11.8 Å². The van der Waals surface area contributed by atoms with E-state index in [1.807, 2.05) is 0 Å². The van der Waals surface area contributed by atoms with Crippen LogP contribution in [-0.4, -0.2) is 24.0 Å². The molecular formula is C18H10BrCl2IN2O3S. The first-order chi connectivity index (χ1) is 13.2. The Morgan fingerprint density at radius 3 is 2.64 bits per heavy atom. The van der Waals surface area contributed by atoms with Crippen molar-refractivity contribution < 1.29 is 14.3 Å². The van der Waals surface area contributed by atoms with Crippen LogP contribution in [0.2, 0.25) is 10.0 Å². The average molecular weight is 612 g/mol. The highest BCUT2D eigenvalue weighted by atomic mass is 127. The van der Waals surface area contributed by atoms with Crippen molar-refractivity contribution in [3.05, 3.63) is 59.6 Å². The molecule has 0 unspecified atom stereocenters. The predicted octanol–water partition coefficient (Wildman–Crippen LogP) is 5.20. The Kier molecular flexibility index (Phi) is 6.65. The summed E-state index contributed by atoms with van der Waals surface area (Å²) >= 11 is 23.0. The number of hydrogen-bond donors (Lipinski definition) is 1. The molecular weight excluding hydrogens is 602 g/mol. The van der Waals surface area contributed by atoms with Gasteiger partial charge in [0.1, 0.15) is 11.3 Å². The molecule has 2 amide bonds. The zero-order valence-electron chi connectivity index (χ0n) is 14.1. The van der Waals surface area contributed by atoms with Crippen molar-refractivity contribution in [2.45, 2.75) is 0 Å². The molecule has 0 bridgehead atoms. The smallest absolute Gasteiger partial charge is 0.270 e. The molecule has 3 rings (SSSR count). The molecule has 0 aliphatic carbocycles. The first kappa shape index (κ1) is 21.5. The van der Waals surface area contributed by atoms with E-state index in [0.717, 1.165) is 8.47 Å². The molecule has 1 aliphatic rings. The Bertz CT molecular complexity index is 1040. The average Bonchev–Trinajstić information content (AvgIpc) is 2.62. The number of nitrogens with zero attached hydrogens (tertiary/aromatic N) is 1. The van der Waals surface area contributed by atoms with Gasteiger partial charge in [-0.2, -0.15) is 0 Å². The predicted molar refractivity (Wildman–Crippen MR) is 126 cm³/mol. The molecule has 0 saturated carbocycles. The number of benzene rings is 2. The highest BCUT2D eigenvalue weighted by Gasteiger charge is 2.35. The molecule has 144 valence electrons. The van der Waals surface area contributed by atoms with Gasteiger partial charge in [-0.1, -0.05) is 29.3 Å². The fraction of sp³-hybridized carbons (Fsp3) is 0.0556. The van der Waals surface area contributed by atoms with Crippen LogP contribution in [0.25, 0.3) is 6.08 Å². The summed E-state index contributed by atoms with van der Waals surface area (Å²) in [5, 5.41) is 2.88. The van der Waals surface area contributed by atoms with Crippen molar-refractivity contribution in [3.63, 3.8) is 0 Å². The lowest BCUT2D eigenvalue weighted by Crippen LogP contribution is -2.54. The Balaban J connectivity index is 2.08. The molecule has 0 spiro atoms. The van der Waals surface area contributed by atoms with Crippen LogP contribution in [-0.2, 0) is 9.59 Å². The first-order valence-corrected chi connectivity index (χ1v) is 10.7. The molecule has 2 aromatic rings. The van der Waals surface area contributed by atoms with Gasteiger partial charge in [-0.3, -0.25) is 19.8 Å². The molecule has 2 aromatic carbocycles. The summed E-state index contributed by atoms with van der Waals surface area (Å²) in [6.07, 6.45) is 1.48. The number of hydrogen-bond acceptors (Lipinski definition) is 4. The molecule has 28 heavy (non-hydrogen) atoms. The second-order valence-electron chi connectivity index (χ2n) is 5.55. The SMILES string of the molecule is COc1c(Br)cc(/C=C2\C(=O)NC(=S)N(c3cccc(Cl)c3Cl)C2=O)cc1I. The standard InChI is InChI=1S/C18H10BrCl2IN2O3S/c1-27-15-10(19)6-8(7-12(15)22)5-9-16(25)23-18(28)24(17(9)26)13-4-2-3-11(20)14(13)21/h2-7H,1H3,(H,23,25,28)/b9-5+. The van der Waals surface area contributed by atoms with Crippen molar-refractivity contribution in [1.29, 1.82) is 0 Å². The molecule has 5 nitrogen and oxygen atoms in total. The highest BCUT2D eigenvalue weighted by molar-refractivity contribution is 14.1. The van der Waals surface area contributed by atoms with E-state index in [0.29, 0.717) is 21.5 Å². The fourth-order valence-corrected chi connectivity index (χ4v) is 5.10. The third kappa shape index (κ3) is 4.06. The molecule has 0 aromatic heterocycles. The van der Waals surface area contributed by atoms with Gasteiger partial charge in [0.2, 0.25) is 0 Å². The lowest BCUT2D eigenvalue weighted by atomic mass is 10.1. The topological polar surface area (TPSA) is 58.6 Å². The number of amides is 2. The van der Waals surface area contributed by atoms with Crippen LogP contribution >= 0.6 is 73.9 Å². The van der Waals surface area contributed by atoms with E-state index in [9.17, 15) is 9.59 Å². The van der Waals surface area contributed by atoms with Gasteiger partial charge in [-0.15, -0.1) is 0 Å². The summed E-state index contributed by atoms with van der Waals surface area (Å²) in [6, 6.07) is 8.37. The summed E-state index contributed by atoms with van der Waals surface area (Å²) in [4.78, 5) is 26.7. The molecule has 0 atom stereocenters. The number of thiocarbonyl (C=S) groups is 1. The number of anilines is 1. The third-order valence-corrected chi connectivity index (χ3v) is 6.29. The second kappa shape index (κ2) is 8.66. The maximum Gasteiger partial charge on any atom is 0.270 e. The number of rotatable bonds is 3. The van der Waals surface area contributed by atoms with E-state index in [4.69, 9.17) is 40.2 Å². The second-order valence-corrected chi connectivity index (χ2v) is 8.74. The van der Waals surface area contributed by atoms with Crippen LogP contribution in [0.15, 0.2) is 40.4 Å². The molecule has 1 aliphatic heterocycles. The van der Waals surface area contributed by atoms with Gasteiger partial charge < -0.3 is 4.74 Å². The summed E-state index contributed by atoms with van der Waals surface area (Å²) in [7, 11) is 1.56. The Morgan fingerprint density at radius 2 is 2.00 bits per heavy atom. The number of nitrogens with one attached hydrogen (secondary N) is 1. The van der Waals surface area contributed by atoms with Crippen molar-refractivity contribution >= 4 is 103 Å². The van der Waals surface area contributed by atoms with Crippen LogP contribution in [0.1, 0.15) is 5.56 Å². The van der Waals surface area contributed by atoms with E-state index in [2.05, 4.69) is 43.8 Å². The van der Waals surface area contributed by atoms with E-state index in [-0.39, 0.29) is 20.7 Å². The molecule has 10 heteroatoms. The largest absolute Gasteiger partial charge is 0.494 e. The summed E-state index contributed by atoms with van der Waals surface area (Å²) < 4.78 is 6.81. The summed E-state index contributed by atoms with van der Waals surface area (Å²) in [6.45, 7) is 0. The fourth-order valence-electron chi connectivity index (χ4n) is 2.57. The quantitative estimate of drug-likeness (QED) is 0.224. The number of halogens is 4. The monoisotopic (exact) mass is 610 g/mol. The van der Waals surface area contributed by atoms with Crippen LogP contribution in [0.3, 0.4) is 0 Å². The van der Waals surface area contributed by atoms with Gasteiger partial charge in [-0.05, 0) is 86.6 Å². The first-order valence-electron chi connectivity index (χ1n) is 7.63. The van der Waals surface area contributed by atoms with Crippen molar-refractivity contribution in [2.24, 2.45) is 0 Å². The molecule has 0 radical (unpaired) electrons. The van der Waals surface area contributed by atoms with Crippen LogP contribution < -0.4 is 15.0 Å². The zero-order chi connectivity index (χ0) is 20.6. The van der Waals surface area contributed by atoms with Crippen molar-refractivity contribution in [1.82, 2.24) is 5.32 Å². The number of carbonyl (C=O) groups is 2. The Morgan fingerprint density at radius 1 is 1.29 bits per heavy atom. The minimum absolute atomic E-state index is 0.0678. The number of carbonyl (C=O) groups excluding carboxylic acids is 2. The van der Waals surface area contributed by atoms with Gasteiger partial charge in [0.05, 0.1) is 30.9 Å². The lowest BCUT2D eigenvalue weighted by Gasteiger charge is -2.29. The van der Waals surface area contributed by atoms with Crippen LogP contribution in [0.4, 0.5) is 5.69 Å². The van der Waals surface area contributed by atoms with E-state index < -0.39 is 11.8 Å². The minimum Gasteiger partial charge on any atom is -0.494 e. The Hall–Kier alpha value is -1.20. The van der Waals surface area contributed by atoms with Gasteiger partial charge in [-0.25, -0.2) is 0 Å². The maximum atomic E-state index is 13.1. The van der Waals surface area contributed by atoms with Crippen molar-refractivity contribution in [2.75, 3.05) is 12.0 Å². The minimum atomic E-state index is -0.597. The van der Waals surface area contributed by atoms with E-state index in [1.165, 1.54) is 6.08 Å². The molecule has 1 N–H and O–H groups in total. The normalized spacial score (nSPS) is 15.8. The number of ether oxygens (including phenoxy) is 1. The zero-order valence-corrected chi connectivity index (χ0v) is 20.1. The van der Waals surface area contributed by atoms with Crippen LogP contribution in [0.5, 0.6) is 5.75 Å². The summed E-state index contributed by atoms with van der Waals surface area (Å²) in [5.41, 5.74) is 0.846. The van der Waals surface area contributed by atoms with Crippen molar-refractivity contribution in [3.8, 4) is 5.75 Å². The van der Waals surface area contributed by atoms with Gasteiger partial charge >= 0.3 is 0 Å². The van der Waals surface area contributed by atoms with Crippen LogP contribution in [0, 0.1) is 3.57 Å². The maximum absolute atomic E-state index is 13.1. The lowest BCUT2D eigenvalue weighted by molar-refractivity contribution is -0.122. The third-order valence-electron chi connectivity index (χ3n) is 3.81. The summed E-state index contributed by atoms with van der Waals surface area (Å²) in [5.74, 6) is -0.526. The van der Waals surface area contributed by atoms with E-state index >= 15 is 0 Å². The molecule has 1 saturated heterocycles. The highest BCUT2D eigenvalue weighted by Crippen LogP contribution is 2.35. The van der Waals surface area contributed by atoms with E-state index in [1.54, 1.807) is 37.4 Å². The van der Waals surface area contributed by atoms with Gasteiger partial charge in [0.15, 0.2) is 5.11 Å². The Labute approximate surface area is 198 Å². The molecule has 1 fully saturated rings. The number of methoxy groups -OCH3 is 1. The molecule has 1 heterocycles.